The van der Waals surface area contributed by atoms with Crippen LogP contribution in [-0.4, -0.2) is 23.4 Å². The fourth-order valence-corrected chi connectivity index (χ4v) is 8.79. The molecule has 0 saturated carbocycles. The monoisotopic (exact) mass is 712 g/mol. The molecule has 0 N–H and O–H groups in total. The minimum absolute atomic E-state index is 0.141. The molecular weight excluding hydrogens is 665 g/mol. The quantitative estimate of drug-likeness (QED) is 0.160. The molecule has 5 heteroatoms. The van der Waals surface area contributed by atoms with E-state index in [1.54, 1.807) is 0 Å². The van der Waals surface area contributed by atoms with Gasteiger partial charge in [0.15, 0.2) is 5.71 Å². The van der Waals surface area contributed by atoms with Crippen LogP contribution in [0.1, 0.15) is 71.9 Å². The highest BCUT2D eigenvalue weighted by atomic mass is 35.5. The number of allylic oxidation sites excluding steroid dienone is 7. The van der Waals surface area contributed by atoms with E-state index in [0.717, 1.165) is 53.8 Å². The summed E-state index contributed by atoms with van der Waals surface area (Å²) < 4.78 is 2.44. The molecule has 0 saturated heterocycles. The number of benzene rings is 4. The molecule has 3 nitrogen and oxygen atoms in total. The van der Waals surface area contributed by atoms with Crippen LogP contribution in [0, 0.1) is 0 Å². The van der Waals surface area contributed by atoms with Crippen LogP contribution in [-0.2, 0) is 10.8 Å². The highest BCUT2D eigenvalue weighted by Gasteiger charge is 2.44. The van der Waals surface area contributed by atoms with Gasteiger partial charge in [0.25, 0.3) is 0 Å². The molecule has 0 amide bonds. The van der Waals surface area contributed by atoms with Gasteiger partial charge in [-0.3, -0.25) is 0 Å². The van der Waals surface area contributed by atoms with E-state index < -0.39 is 0 Å². The van der Waals surface area contributed by atoms with Crippen LogP contribution in [0.25, 0.3) is 0 Å². The number of hydrogen-bond acceptors (Lipinski definition) is 2. The standard InChI is InChI=1S/C46H48Cl2N3/c1-7-49-40-27-25-34(47)30-38(40)45(3,4)42(49)21-15-16-32-22-23-33(44(32)51(36-17-11-9-12-18-36)37-19-13-10-14-20-37)24-29-43-46(5,6)39-31-35(48)26-28-41(39)50(43)8-2/h9-15,17-21,24-31H,7-8,16,22-23H2,1-6H3/q+1/b21-15+,33-24+,43-29+. The summed E-state index contributed by atoms with van der Waals surface area (Å²) in [6.07, 6.45) is 12.4. The Morgan fingerprint density at radius 1 is 0.745 bits per heavy atom. The first-order valence-electron chi connectivity index (χ1n) is 18.3. The molecule has 1 aliphatic carbocycles. The van der Waals surface area contributed by atoms with E-state index in [1.807, 2.05) is 12.1 Å². The molecule has 3 aliphatic rings. The number of para-hydroxylation sites is 2. The molecule has 0 fully saturated rings. The fraction of sp³-hybridized carbons (Fsp3) is 0.283. The average Bonchev–Trinajstić information content (AvgIpc) is 3.69. The number of halogens is 2. The lowest BCUT2D eigenvalue weighted by molar-refractivity contribution is -0.433. The van der Waals surface area contributed by atoms with Crippen LogP contribution >= 0.6 is 23.2 Å². The predicted octanol–water partition coefficient (Wildman–Crippen LogP) is 12.8. The Bertz CT molecular complexity index is 2080. The number of anilines is 3. The van der Waals surface area contributed by atoms with Gasteiger partial charge in [-0.1, -0.05) is 85.6 Å². The van der Waals surface area contributed by atoms with Crippen molar-refractivity contribution in [3.63, 3.8) is 0 Å². The van der Waals surface area contributed by atoms with Crippen LogP contribution in [0.5, 0.6) is 0 Å². The van der Waals surface area contributed by atoms with Crippen LogP contribution in [0.4, 0.5) is 22.7 Å². The molecule has 2 aliphatic heterocycles. The van der Waals surface area contributed by atoms with Crippen molar-refractivity contribution >= 4 is 51.7 Å². The molecule has 0 unspecified atom stereocenters. The van der Waals surface area contributed by atoms with E-state index in [9.17, 15) is 0 Å². The molecule has 2 heterocycles. The van der Waals surface area contributed by atoms with Gasteiger partial charge in [-0.25, -0.2) is 0 Å². The van der Waals surface area contributed by atoms with Crippen molar-refractivity contribution in [1.82, 2.24) is 0 Å². The molecule has 4 aromatic rings. The summed E-state index contributed by atoms with van der Waals surface area (Å²) >= 11 is 13.0. The molecule has 7 rings (SSSR count). The lowest BCUT2D eigenvalue weighted by atomic mass is 9.81. The van der Waals surface area contributed by atoms with Gasteiger partial charge >= 0.3 is 0 Å². The minimum Gasteiger partial charge on any atom is -0.344 e. The molecule has 0 aromatic heterocycles. The molecule has 0 atom stereocenters. The fourth-order valence-electron chi connectivity index (χ4n) is 8.44. The van der Waals surface area contributed by atoms with Gasteiger partial charge in [-0.05, 0) is 124 Å². The predicted molar refractivity (Wildman–Crippen MR) is 219 cm³/mol. The smallest absolute Gasteiger partial charge is 0.209 e. The highest BCUT2D eigenvalue weighted by Crippen LogP contribution is 2.49. The Hall–Kier alpha value is -4.31. The maximum absolute atomic E-state index is 6.52. The summed E-state index contributed by atoms with van der Waals surface area (Å²) in [6.45, 7) is 15.5. The van der Waals surface area contributed by atoms with Crippen LogP contribution in [0.15, 0.2) is 144 Å². The van der Waals surface area contributed by atoms with E-state index >= 15 is 0 Å². The zero-order chi connectivity index (χ0) is 35.9. The average molecular weight is 714 g/mol. The summed E-state index contributed by atoms with van der Waals surface area (Å²) in [4.78, 5) is 4.91. The molecule has 0 radical (unpaired) electrons. The molecule has 0 bridgehead atoms. The summed E-state index contributed by atoms with van der Waals surface area (Å²) in [6, 6.07) is 34.3. The Balaban J connectivity index is 1.33. The van der Waals surface area contributed by atoms with Crippen molar-refractivity contribution in [3.05, 3.63) is 165 Å². The number of rotatable bonds is 9. The Morgan fingerprint density at radius 3 is 2.00 bits per heavy atom. The Kier molecular flexibility index (Phi) is 9.65. The summed E-state index contributed by atoms with van der Waals surface area (Å²) in [5, 5.41) is 1.57. The third-order valence-electron chi connectivity index (χ3n) is 11.0. The number of likely N-dealkylation sites (N-methyl/N-ethyl adjacent to an activating group) is 1. The summed E-state index contributed by atoms with van der Waals surface area (Å²) in [5.41, 5.74) is 13.8. The number of nitrogens with zero attached hydrogens (tertiary/aromatic N) is 3. The molecule has 51 heavy (non-hydrogen) atoms. The lowest BCUT2D eigenvalue weighted by Gasteiger charge is -2.29. The number of hydrogen-bond donors (Lipinski definition) is 0. The van der Waals surface area contributed by atoms with Gasteiger partial charge in [0, 0.05) is 68.2 Å². The molecular formula is C46H48Cl2N3+. The first kappa shape index (κ1) is 35.1. The zero-order valence-electron chi connectivity index (χ0n) is 30.7. The van der Waals surface area contributed by atoms with Crippen LogP contribution < -0.4 is 9.80 Å². The van der Waals surface area contributed by atoms with Gasteiger partial charge in [0.2, 0.25) is 5.69 Å². The maximum Gasteiger partial charge on any atom is 0.209 e. The third kappa shape index (κ3) is 6.30. The Labute approximate surface area is 314 Å². The van der Waals surface area contributed by atoms with Crippen LogP contribution in [0.2, 0.25) is 10.0 Å². The van der Waals surface area contributed by atoms with Gasteiger partial charge in [-0.15, -0.1) is 0 Å². The van der Waals surface area contributed by atoms with E-state index in [0.29, 0.717) is 0 Å². The minimum atomic E-state index is -0.168. The molecule has 260 valence electrons. The van der Waals surface area contributed by atoms with E-state index in [2.05, 4.69) is 165 Å². The van der Waals surface area contributed by atoms with Crippen molar-refractivity contribution in [3.8, 4) is 0 Å². The van der Waals surface area contributed by atoms with Crippen molar-refractivity contribution in [1.29, 1.82) is 0 Å². The van der Waals surface area contributed by atoms with Crippen molar-refractivity contribution < 1.29 is 4.58 Å². The normalized spacial score (nSPS) is 19.2. The third-order valence-corrected chi connectivity index (χ3v) is 11.5. The van der Waals surface area contributed by atoms with E-state index in [-0.39, 0.29) is 10.8 Å². The van der Waals surface area contributed by atoms with Crippen molar-refractivity contribution in [2.75, 3.05) is 22.9 Å². The van der Waals surface area contributed by atoms with Crippen LogP contribution in [0.3, 0.4) is 0 Å². The summed E-state index contributed by atoms with van der Waals surface area (Å²) in [5.74, 6) is 0. The Morgan fingerprint density at radius 2 is 1.37 bits per heavy atom. The van der Waals surface area contributed by atoms with Gasteiger partial charge in [0.05, 0.1) is 5.41 Å². The first-order chi connectivity index (χ1) is 24.6. The topological polar surface area (TPSA) is 9.49 Å². The van der Waals surface area contributed by atoms with Crippen molar-refractivity contribution in [2.45, 2.75) is 71.6 Å². The van der Waals surface area contributed by atoms with E-state index in [1.165, 1.54) is 50.8 Å². The molecule has 0 spiro atoms. The second kappa shape index (κ2) is 14.0. The second-order valence-electron chi connectivity index (χ2n) is 14.8. The van der Waals surface area contributed by atoms with Crippen molar-refractivity contribution in [2.24, 2.45) is 0 Å². The van der Waals surface area contributed by atoms with Gasteiger partial charge in [0.1, 0.15) is 6.54 Å². The number of fused-ring (bicyclic) bond motifs is 2. The maximum atomic E-state index is 6.52. The first-order valence-corrected chi connectivity index (χ1v) is 19.0. The second-order valence-corrected chi connectivity index (χ2v) is 15.6. The summed E-state index contributed by atoms with van der Waals surface area (Å²) in [7, 11) is 0. The highest BCUT2D eigenvalue weighted by molar-refractivity contribution is 6.31. The molecule has 4 aromatic carbocycles. The van der Waals surface area contributed by atoms with Gasteiger partial charge < -0.3 is 9.80 Å². The largest absolute Gasteiger partial charge is 0.344 e. The SMILES string of the molecule is CCN1/C(=C/C=C2\CCC(C/C=C/C3=[N+](CC)c4ccc(Cl)cc4C3(C)C)=C2N(c2ccccc2)c2ccccc2)C(C)(C)c2cc(Cl)ccc21. The van der Waals surface area contributed by atoms with Gasteiger partial charge in [-0.2, -0.15) is 4.58 Å². The van der Waals surface area contributed by atoms with E-state index in [4.69, 9.17) is 23.2 Å². The lowest BCUT2D eigenvalue weighted by Crippen LogP contribution is -2.27. The zero-order valence-corrected chi connectivity index (χ0v) is 32.2.